The van der Waals surface area contributed by atoms with Crippen molar-refractivity contribution < 1.29 is 28.6 Å². The first kappa shape index (κ1) is 21.0. The SMILES string of the molecule is COc1cccc(CN(C)C(=O)NCCC(=O)O)c1OCc1ccccc1F. The number of carboxylic acids is 1. The Morgan fingerprint density at radius 3 is 2.54 bits per heavy atom. The lowest BCUT2D eigenvalue weighted by Crippen LogP contribution is -2.37. The summed E-state index contributed by atoms with van der Waals surface area (Å²) in [4.78, 5) is 24.1. The van der Waals surface area contributed by atoms with Crippen molar-refractivity contribution in [1.82, 2.24) is 10.2 Å². The van der Waals surface area contributed by atoms with Crippen LogP contribution >= 0.6 is 0 Å². The van der Waals surface area contributed by atoms with E-state index in [2.05, 4.69) is 5.32 Å². The van der Waals surface area contributed by atoms with Gasteiger partial charge in [0.1, 0.15) is 12.4 Å². The molecule has 0 atom stereocenters. The van der Waals surface area contributed by atoms with Gasteiger partial charge in [-0.3, -0.25) is 4.79 Å². The van der Waals surface area contributed by atoms with Gasteiger partial charge in [0, 0.05) is 24.7 Å². The van der Waals surface area contributed by atoms with E-state index in [4.69, 9.17) is 14.6 Å². The van der Waals surface area contributed by atoms with E-state index in [1.807, 2.05) is 0 Å². The number of methoxy groups -OCH3 is 1. The zero-order chi connectivity index (χ0) is 20.5. The number of nitrogens with one attached hydrogen (secondary N) is 1. The Labute approximate surface area is 162 Å². The third kappa shape index (κ3) is 5.87. The van der Waals surface area contributed by atoms with Gasteiger partial charge >= 0.3 is 12.0 Å². The Kier molecular flexibility index (Phi) is 7.62. The lowest BCUT2D eigenvalue weighted by molar-refractivity contribution is -0.136. The second-order valence-corrected chi connectivity index (χ2v) is 6.06. The summed E-state index contributed by atoms with van der Waals surface area (Å²) in [5.74, 6) is -0.472. The first-order valence-electron chi connectivity index (χ1n) is 8.65. The number of nitrogens with zero attached hydrogens (tertiary/aromatic N) is 1. The van der Waals surface area contributed by atoms with E-state index in [0.29, 0.717) is 22.6 Å². The number of rotatable bonds is 9. The first-order chi connectivity index (χ1) is 13.4. The van der Waals surface area contributed by atoms with E-state index in [9.17, 15) is 14.0 Å². The van der Waals surface area contributed by atoms with Crippen molar-refractivity contribution in [3.8, 4) is 11.5 Å². The van der Waals surface area contributed by atoms with Crippen LogP contribution < -0.4 is 14.8 Å². The molecule has 2 rings (SSSR count). The van der Waals surface area contributed by atoms with Crippen molar-refractivity contribution in [2.45, 2.75) is 19.6 Å². The summed E-state index contributed by atoms with van der Waals surface area (Å²) >= 11 is 0. The van der Waals surface area contributed by atoms with Gasteiger partial charge in [0.2, 0.25) is 0 Å². The maximum atomic E-state index is 13.9. The van der Waals surface area contributed by atoms with Crippen LogP contribution in [0.3, 0.4) is 0 Å². The molecule has 0 aromatic heterocycles. The van der Waals surface area contributed by atoms with Gasteiger partial charge < -0.3 is 24.8 Å². The van der Waals surface area contributed by atoms with Crippen molar-refractivity contribution in [2.24, 2.45) is 0 Å². The van der Waals surface area contributed by atoms with Gasteiger partial charge in [-0.1, -0.05) is 30.3 Å². The molecule has 7 nitrogen and oxygen atoms in total. The van der Waals surface area contributed by atoms with Gasteiger partial charge in [-0.05, 0) is 12.1 Å². The number of ether oxygens (including phenoxy) is 2. The van der Waals surface area contributed by atoms with Crippen molar-refractivity contribution in [3.05, 3.63) is 59.4 Å². The maximum Gasteiger partial charge on any atom is 0.317 e. The molecule has 0 radical (unpaired) electrons. The van der Waals surface area contributed by atoms with Gasteiger partial charge in [-0.15, -0.1) is 0 Å². The molecule has 0 saturated carbocycles. The highest BCUT2D eigenvalue weighted by atomic mass is 19.1. The number of urea groups is 1. The van der Waals surface area contributed by atoms with Crippen LogP contribution in [0, 0.1) is 5.82 Å². The molecule has 2 N–H and O–H groups in total. The summed E-state index contributed by atoms with van der Waals surface area (Å²) in [5, 5.41) is 11.2. The summed E-state index contributed by atoms with van der Waals surface area (Å²) in [6.45, 7) is 0.241. The molecule has 2 aromatic carbocycles. The number of carboxylic acid groups (broad SMARTS) is 1. The fourth-order valence-corrected chi connectivity index (χ4v) is 2.51. The molecule has 150 valence electrons. The number of aliphatic carboxylic acids is 1. The summed E-state index contributed by atoms with van der Waals surface area (Å²) in [6, 6.07) is 11.2. The minimum Gasteiger partial charge on any atom is -0.493 e. The fraction of sp³-hybridized carbons (Fsp3) is 0.300. The quantitative estimate of drug-likeness (QED) is 0.687. The standard InChI is InChI=1S/C20H23FN2O5/c1-23(20(26)22-11-10-18(24)25)12-14-7-5-9-17(27-2)19(14)28-13-15-6-3-4-8-16(15)21/h3-9H,10-13H2,1-2H3,(H,22,26)(H,24,25). The minimum atomic E-state index is -0.987. The van der Waals surface area contributed by atoms with E-state index >= 15 is 0 Å². The van der Waals surface area contributed by atoms with Gasteiger partial charge in [-0.2, -0.15) is 0 Å². The molecular weight excluding hydrogens is 367 g/mol. The molecule has 0 heterocycles. The third-order valence-electron chi connectivity index (χ3n) is 3.98. The number of carbonyl (C=O) groups excluding carboxylic acids is 1. The highest BCUT2D eigenvalue weighted by molar-refractivity contribution is 5.75. The Morgan fingerprint density at radius 2 is 1.86 bits per heavy atom. The zero-order valence-corrected chi connectivity index (χ0v) is 15.8. The van der Waals surface area contributed by atoms with E-state index in [-0.39, 0.29) is 31.9 Å². The number of benzene rings is 2. The maximum absolute atomic E-state index is 13.9. The van der Waals surface area contributed by atoms with Crippen LogP contribution in [0.5, 0.6) is 11.5 Å². The van der Waals surface area contributed by atoms with Crippen LogP contribution in [0.4, 0.5) is 9.18 Å². The normalized spacial score (nSPS) is 10.2. The number of hydrogen-bond acceptors (Lipinski definition) is 4. The zero-order valence-electron chi connectivity index (χ0n) is 15.8. The number of para-hydroxylation sites is 1. The topological polar surface area (TPSA) is 88.1 Å². The largest absolute Gasteiger partial charge is 0.493 e. The van der Waals surface area contributed by atoms with Crippen molar-refractivity contribution in [1.29, 1.82) is 0 Å². The molecule has 28 heavy (non-hydrogen) atoms. The lowest BCUT2D eigenvalue weighted by Gasteiger charge is -2.21. The highest BCUT2D eigenvalue weighted by Gasteiger charge is 2.16. The lowest BCUT2D eigenvalue weighted by atomic mass is 10.1. The Hall–Kier alpha value is -3.29. The monoisotopic (exact) mass is 390 g/mol. The first-order valence-corrected chi connectivity index (χ1v) is 8.65. The molecule has 0 unspecified atom stereocenters. The average molecular weight is 390 g/mol. The van der Waals surface area contributed by atoms with Gasteiger partial charge in [0.05, 0.1) is 20.1 Å². The van der Waals surface area contributed by atoms with E-state index in [1.54, 1.807) is 43.4 Å². The predicted molar refractivity (Wildman–Crippen MR) is 101 cm³/mol. The average Bonchev–Trinajstić information content (AvgIpc) is 2.67. The van der Waals surface area contributed by atoms with Crippen molar-refractivity contribution in [3.63, 3.8) is 0 Å². The van der Waals surface area contributed by atoms with E-state index in [0.717, 1.165) is 0 Å². The van der Waals surface area contributed by atoms with Gasteiger partial charge in [-0.25, -0.2) is 9.18 Å². The highest BCUT2D eigenvalue weighted by Crippen LogP contribution is 2.32. The van der Waals surface area contributed by atoms with E-state index < -0.39 is 12.0 Å². The summed E-state index contributed by atoms with van der Waals surface area (Å²) in [6.07, 6.45) is -0.157. The molecule has 0 aliphatic rings. The van der Waals surface area contributed by atoms with Crippen LogP contribution in [0.1, 0.15) is 17.5 Å². The Balaban J connectivity index is 2.10. The van der Waals surface area contributed by atoms with Crippen LogP contribution in [0.15, 0.2) is 42.5 Å². The van der Waals surface area contributed by atoms with Crippen LogP contribution in [-0.2, 0) is 17.9 Å². The number of hydrogen-bond donors (Lipinski definition) is 2. The number of amides is 2. The van der Waals surface area contributed by atoms with E-state index in [1.165, 1.54) is 18.1 Å². The fourth-order valence-electron chi connectivity index (χ4n) is 2.51. The minimum absolute atomic E-state index is 0.00850. The van der Waals surface area contributed by atoms with Crippen LogP contribution in [-0.4, -0.2) is 42.7 Å². The van der Waals surface area contributed by atoms with Crippen molar-refractivity contribution >= 4 is 12.0 Å². The number of halogens is 1. The third-order valence-corrected chi connectivity index (χ3v) is 3.98. The molecule has 2 amide bonds. The second kappa shape index (κ2) is 10.1. The van der Waals surface area contributed by atoms with Crippen LogP contribution in [0.25, 0.3) is 0 Å². The Morgan fingerprint density at radius 1 is 1.14 bits per heavy atom. The molecule has 0 aliphatic heterocycles. The Bertz CT molecular complexity index is 828. The molecular formula is C20H23FN2O5. The number of carbonyl (C=O) groups is 2. The molecule has 0 saturated heterocycles. The summed E-state index contributed by atoms with van der Waals surface area (Å²) in [5.41, 5.74) is 1.07. The predicted octanol–water partition coefficient (Wildman–Crippen LogP) is 3.03. The summed E-state index contributed by atoms with van der Waals surface area (Å²) < 4.78 is 25.0. The molecule has 0 spiro atoms. The summed E-state index contributed by atoms with van der Waals surface area (Å²) in [7, 11) is 3.08. The van der Waals surface area contributed by atoms with Crippen molar-refractivity contribution in [2.75, 3.05) is 20.7 Å². The second-order valence-electron chi connectivity index (χ2n) is 6.06. The molecule has 0 bridgehead atoms. The molecule has 2 aromatic rings. The van der Waals surface area contributed by atoms with Gasteiger partial charge in [0.25, 0.3) is 0 Å². The smallest absolute Gasteiger partial charge is 0.317 e. The van der Waals surface area contributed by atoms with Crippen LogP contribution in [0.2, 0.25) is 0 Å². The molecule has 0 aliphatic carbocycles. The molecule has 0 fully saturated rings. The van der Waals surface area contributed by atoms with Gasteiger partial charge in [0.15, 0.2) is 11.5 Å². The molecule has 8 heteroatoms.